The van der Waals surface area contributed by atoms with Crippen LogP contribution in [0.4, 0.5) is 0 Å². The highest BCUT2D eigenvalue weighted by atomic mass is 32.2. The van der Waals surface area contributed by atoms with Crippen molar-refractivity contribution in [1.29, 1.82) is 0 Å². The smallest absolute Gasteiger partial charge is 0.326 e. The first-order valence-electron chi connectivity index (χ1n) is 12.7. The van der Waals surface area contributed by atoms with Gasteiger partial charge in [-0.1, -0.05) is 0 Å². The Bertz CT molecular complexity index is 926. The van der Waals surface area contributed by atoms with E-state index < -0.39 is 47.9 Å². The van der Waals surface area contributed by atoms with Gasteiger partial charge in [0.25, 0.3) is 0 Å². The Morgan fingerprint density at radius 2 is 1.67 bits per heavy atom. The van der Waals surface area contributed by atoms with Crippen molar-refractivity contribution in [3.05, 3.63) is 18.2 Å². The van der Waals surface area contributed by atoms with Crippen molar-refractivity contribution in [2.24, 2.45) is 27.9 Å². The number of unbranched alkanes of at least 4 members (excludes halogenated alkanes) is 1. The van der Waals surface area contributed by atoms with Crippen LogP contribution in [0, 0.1) is 0 Å². The minimum absolute atomic E-state index is 0.0280. The van der Waals surface area contributed by atoms with E-state index in [2.05, 4.69) is 30.9 Å². The van der Waals surface area contributed by atoms with Crippen molar-refractivity contribution in [1.82, 2.24) is 25.9 Å². The van der Waals surface area contributed by atoms with E-state index in [0.717, 1.165) is 0 Å². The number of aromatic nitrogens is 2. The Kier molecular flexibility index (Phi) is 16.2. The molecule has 0 aromatic carbocycles. The third-order valence-electron chi connectivity index (χ3n) is 5.72. The largest absolute Gasteiger partial charge is 0.480 e. The van der Waals surface area contributed by atoms with E-state index in [-0.39, 0.29) is 31.6 Å². The number of nitrogens with one attached hydrogen (secondary N) is 4. The number of aromatic amines is 1. The molecule has 0 saturated heterocycles. The van der Waals surface area contributed by atoms with Crippen LogP contribution < -0.4 is 38.9 Å². The second kappa shape index (κ2) is 18.8. The minimum atomic E-state index is -1.18. The number of imidazole rings is 1. The minimum Gasteiger partial charge on any atom is -0.480 e. The number of aliphatic imine (C=N–C) groups is 1. The van der Waals surface area contributed by atoms with Crippen molar-refractivity contribution in [3.8, 4) is 0 Å². The van der Waals surface area contributed by atoms with E-state index in [0.29, 0.717) is 43.8 Å². The average Bonchev–Trinajstić information content (AvgIpc) is 3.40. The maximum Gasteiger partial charge on any atom is 0.326 e. The summed E-state index contributed by atoms with van der Waals surface area (Å²) in [4.78, 5) is 61.4. The molecule has 0 radical (unpaired) electrons. The Morgan fingerprint density at radius 1 is 1.00 bits per heavy atom. The van der Waals surface area contributed by atoms with Gasteiger partial charge in [-0.2, -0.15) is 11.8 Å². The molecule has 1 aromatic heterocycles. The molecule has 39 heavy (non-hydrogen) atoms. The van der Waals surface area contributed by atoms with E-state index in [1.807, 2.05) is 6.26 Å². The first-order valence-corrected chi connectivity index (χ1v) is 14.1. The van der Waals surface area contributed by atoms with Crippen LogP contribution in [0.3, 0.4) is 0 Å². The number of rotatable bonds is 20. The number of carboxylic acid groups (broad SMARTS) is 1. The van der Waals surface area contributed by atoms with Crippen molar-refractivity contribution < 1.29 is 24.3 Å². The number of nitrogens with zero attached hydrogens (tertiary/aromatic N) is 2. The number of nitrogens with two attached hydrogens (primary N) is 4. The van der Waals surface area contributed by atoms with Gasteiger partial charge in [-0.15, -0.1) is 0 Å². The van der Waals surface area contributed by atoms with Crippen LogP contribution in [0.1, 0.15) is 44.2 Å². The second-order valence-electron chi connectivity index (χ2n) is 8.92. The molecule has 1 heterocycles. The summed E-state index contributed by atoms with van der Waals surface area (Å²) in [5.74, 6) is -2.53. The summed E-state index contributed by atoms with van der Waals surface area (Å²) in [6.07, 6.45) is 7.18. The number of aliphatic carboxylic acids is 1. The number of carbonyl (C=O) groups is 4. The van der Waals surface area contributed by atoms with Crippen LogP contribution in [-0.4, -0.2) is 94.0 Å². The number of hydrogen-bond acceptors (Lipinski definition) is 9. The lowest BCUT2D eigenvalue weighted by molar-refractivity contribution is -0.142. The van der Waals surface area contributed by atoms with Gasteiger partial charge in [0.2, 0.25) is 17.7 Å². The quantitative estimate of drug-likeness (QED) is 0.0459. The van der Waals surface area contributed by atoms with Crippen LogP contribution in [0.15, 0.2) is 17.5 Å². The summed E-state index contributed by atoms with van der Waals surface area (Å²) in [5, 5.41) is 17.3. The summed E-state index contributed by atoms with van der Waals surface area (Å²) in [6, 6.07) is -4.14. The lowest BCUT2D eigenvalue weighted by Gasteiger charge is -2.25. The summed E-state index contributed by atoms with van der Waals surface area (Å²) in [7, 11) is 0. The fourth-order valence-electron chi connectivity index (χ4n) is 3.55. The predicted octanol–water partition coefficient (Wildman–Crippen LogP) is -2.25. The molecule has 0 aliphatic carbocycles. The van der Waals surface area contributed by atoms with E-state index in [9.17, 15) is 24.3 Å². The molecule has 1 aromatic rings. The van der Waals surface area contributed by atoms with E-state index >= 15 is 0 Å². The zero-order valence-electron chi connectivity index (χ0n) is 22.2. The summed E-state index contributed by atoms with van der Waals surface area (Å²) in [5.41, 5.74) is 22.7. The van der Waals surface area contributed by atoms with Crippen molar-refractivity contribution in [2.45, 2.75) is 69.1 Å². The highest BCUT2D eigenvalue weighted by Crippen LogP contribution is 2.07. The van der Waals surface area contributed by atoms with Gasteiger partial charge >= 0.3 is 5.97 Å². The number of amides is 3. The molecule has 0 bridgehead atoms. The first kappa shape index (κ1) is 33.7. The standard InChI is InChI=1S/C23H42N10O5S/c1-39-10-7-17(22(37)38)32-21(36)18(11-14-12-28-13-30-14)33-20(35)16(6-2-3-8-24)31-19(34)15(25)5-4-9-29-23(26)27/h12-13,15-18H,2-11,24-25H2,1H3,(H,28,30)(H,31,34)(H,32,36)(H,33,35)(H,37,38)(H4,26,27,29). The van der Waals surface area contributed by atoms with Gasteiger partial charge in [-0.05, 0) is 57.1 Å². The van der Waals surface area contributed by atoms with Gasteiger partial charge in [0.05, 0.1) is 12.4 Å². The van der Waals surface area contributed by atoms with Gasteiger partial charge in [0.15, 0.2) is 5.96 Å². The molecule has 15 nitrogen and oxygen atoms in total. The maximum absolute atomic E-state index is 13.3. The number of hydrogen-bond donors (Lipinski definition) is 9. The topological polar surface area (TPSA) is 270 Å². The normalized spacial score (nSPS) is 13.9. The van der Waals surface area contributed by atoms with E-state index in [1.165, 1.54) is 24.3 Å². The number of thioether (sulfide) groups is 1. The van der Waals surface area contributed by atoms with Gasteiger partial charge in [0, 0.05) is 24.9 Å². The highest BCUT2D eigenvalue weighted by Gasteiger charge is 2.30. The number of guanidine groups is 1. The average molecular weight is 571 g/mol. The maximum atomic E-state index is 13.3. The van der Waals surface area contributed by atoms with Crippen LogP contribution >= 0.6 is 11.8 Å². The Balaban J connectivity index is 2.98. The fraction of sp³-hybridized carbons (Fsp3) is 0.652. The molecule has 0 saturated carbocycles. The monoisotopic (exact) mass is 570 g/mol. The molecule has 4 atom stereocenters. The highest BCUT2D eigenvalue weighted by molar-refractivity contribution is 7.98. The Hall–Kier alpha value is -3.37. The Morgan fingerprint density at radius 3 is 2.26 bits per heavy atom. The van der Waals surface area contributed by atoms with Crippen molar-refractivity contribution in [3.63, 3.8) is 0 Å². The molecule has 4 unspecified atom stereocenters. The molecule has 1 rings (SSSR count). The third kappa shape index (κ3) is 13.8. The molecule has 16 heteroatoms. The summed E-state index contributed by atoms with van der Waals surface area (Å²) in [6.45, 7) is 0.715. The number of carbonyl (C=O) groups excluding carboxylic acids is 3. The van der Waals surface area contributed by atoms with Gasteiger partial charge in [-0.3, -0.25) is 19.4 Å². The zero-order valence-corrected chi connectivity index (χ0v) is 23.0. The van der Waals surface area contributed by atoms with Gasteiger partial charge in [-0.25, -0.2) is 9.78 Å². The molecule has 0 aliphatic heterocycles. The zero-order chi connectivity index (χ0) is 29.2. The van der Waals surface area contributed by atoms with Crippen molar-refractivity contribution in [2.75, 3.05) is 25.1 Å². The molecule has 13 N–H and O–H groups in total. The van der Waals surface area contributed by atoms with E-state index in [1.54, 1.807) is 0 Å². The van der Waals surface area contributed by atoms with Gasteiger partial charge in [0.1, 0.15) is 18.1 Å². The fourth-order valence-corrected chi connectivity index (χ4v) is 4.03. The van der Waals surface area contributed by atoms with Crippen LogP contribution in [0.2, 0.25) is 0 Å². The second-order valence-corrected chi connectivity index (χ2v) is 9.91. The molecule has 220 valence electrons. The summed E-state index contributed by atoms with van der Waals surface area (Å²) < 4.78 is 0. The lowest BCUT2D eigenvalue weighted by atomic mass is 10.0. The molecule has 3 amide bonds. The van der Waals surface area contributed by atoms with Crippen LogP contribution in [0.25, 0.3) is 0 Å². The van der Waals surface area contributed by atoms with Crippen LogP contribution in [0.5, 0.6) is 0 Å². The molecular formula is C23H42N10O5S. The van der Waals surface area contributed by atoms with Gasteiger partial charge < -0.3 is 49.0 Å². The first-order chi connectivity index (χ1) is 18.6. The number of H-pyrrole nitrogens is 1. The molecular weight excluding hydrogens is 528 g/mol. The van der Waals surface area contributed by atoms with E-state index in [4.69, 9.17) is 22.9 Å². The van der Waals surface area contributed by atoms with Crippen molar-refractivity contribution >= 4 is 41.4 Å². The third-order valence-corrected chi connectivity index (χ3v) is 6.37. The Labute approximate surface area is 232 Å². The number of carboxylic acids is 1. The summed E-state index contributed by atoms with van der Waals surface area (Å²) >= 11 is 1.45. The van der Waals surface area contributed by atoms with Crippen LogP contribution in [-0.2, 0) is 25.6 Å². The SMILES string of the molecule is CSCCC(NC(=O)C(Cc1cnc[nH]1)NC(=O)C(CCCCN)NC(=O)C(N)CCCN=C(N)N)C(=O)O. The lowest BCUT2D eigenvalue weighted by Crippen LogP contribution is -2.57. The predicted molar refractivity (Wildman–Crippen MR) is 150 cm³/mol. The molecule has 0 aliphatic rings. The molecule has 0 fully saturated rings. The molecule has 0 spiro atoms.